The number of aliphatic hydroxyl groups is 1. The molecule has 1 unspecified atom stereocenters. The van der Waals surface area contributed by atoms with Crippen molar-refractivity contribution >= 4 is 21.6 Å². The number of β-amino-alcohol motifs (C(OH)–C–C–N with tert-alkyl or cyclic N) is 1. The highest BCUT2D eigenvalue weighted by Crippen LogP contribution is 2.33. The molecular weight excluding hydrogens is 384 g/mol. The number of likely N-dealkylation sites (tertiary alicyclic amines) is 1. The van der Waals surface area contributed by atoms with Gasteiger partial charge in [0.2, 0.25) is 0 Å². The predicted molar refractivity (Wildman–Crippen MR) is 117 cm³/mol. The molecule has 0 aliphatic carbocycles. The number of hydrogen-bond acceptors (Lipinski definition) is 6. The van der Waals surface area contributed by atoms with Crippen LogP contribution in [-0.2, 0) is 0 Å². The van der Waals surface area contributed by atoms with E-state index in [1.807, 2.05) is 48.6 Å². The van der Waals surface area contributed by atoms with Crippen LogP contribution in [0.1, 0.15) is 30.7 Å². The van der Waals surface area contributed by atoms with Crippen LogP contribution in [0.2, 0.25) is 0 Å². The molecule has 1 atom stereocenters. The summed E-state index contributed by atoms with van der Waals surface area (Å²) in [6, 6.07) is 15.9. The number of aromatic nitrogens is 1. The van der Waals surface area contributed by atoms with Gasteiger partial charge in [-0.15, -0.1) is 11.3 Å². The van der Waals surface area contributed by atoms with Gasteiger partial charge < -0.3 is 19.5 Å². The maximum Gasteiger partial charge on any atom is 0.119 e. The van der Waals surface area contributed by atoms with Crippen LogP contribution < -0.4 is 9.47 Å². The summed E-state index contributed by atoms with van der Waals surface area (Å²) < 4.78 is 12.4. The molecule has 1 saturated heterocycles. The van der Waals surface area contributed by atoms with E-state index in [2.05, 4.69) is 23.1 Å². The molecule has 3 aromatic rings. The van der Waals surface area contributed by atoms with Crippen molar-refractivity contribution in [1.29, 1.82) is 0 Å². The summed E-state index contributed by atoms with van der Waals surface area (Å²) in [5.74, 6) is 2.11. The van der Waals surface area contributed by atoms with E-state index in [0.29, 0.717) is 25.7 Å². The first kappa shape index (κ1) is 20.1. The summed E-state index contributed by atoms with van der Waals surface area (Å²) in [5, 5.41) is 11.6. The summed E-state index contributed by atoms with van der Waals surface area (Å²) in [4.78, 5) is 7.15. The quantitative estimate of drug-likeness (QED) is 0.597. The molecule has 2 aromatic carbocycles. The molecule has 5 nitrogen and oxygen atoms in total. The van der Waals surface area contributed by atoms with Crippen LogP contribution >= 0.6 is 11.3 Å². The minimum absolute atomic E-state index is 0.297. The summed E-state index contributed by atoms with van der Waals surface area (Å²) in [5.41, 5.74) is 1.11. The standard InChI is InChI=1S/C23H28N2O3S/c1-2-27-19-7-9-20(10-8-19)28-16-18(26)15-25-13-11-17(12-14-25)23-24-21-5-3-4-6-22(21)29-23/h3-10,17-18,26H,2,11-16H2,1H3. The molecule has 0 amide bonds. The van der Waals surface area contributed by atoms with Gasteiger partial charge in [-0.25, -0.2) is 4.98 Å². The Morgan fingerprint density at radius 1 is 1.07 bits per heavy atom. The van der Waals surface area contributed by atoms with Crippen LogP contribution in [-0.4, -0.2) is 53.9 Å². The number of fused-ring (bicyclic) bond motifs is 1. The van der Waals surface area contributed by atoms with Crippen LogP contribution in [0.5, 0.6) is 11.5 Å². The van der Waals surface area contributed by atoms with Gasteiger partial charge in [0.05, 0.1) is 21.8 Å². The fraction of sp³-hybridized carbons (Fsp3) is 0.435. The third-order valence-electron chi connectivity index (χ3n) is 5.29. The highest BCUT2D eigenvalue weighted by Gasteiger charge is 2.24. The van der Waals surface area contributed by atoms with E-state index < -0.39 is 6.10 Å². The molecule has 0 radical (unpaired) electrons. The third-order valence-corrected chi connectivity index (χ3v) is 6.49. The van der Waals surface area contributed by atoms with Gasteiger partial charge in [-0.05, 0) is 69.3 Å². The second-order valence-electron chi connectivity index (χ2n) is 7.46. The van der Waals surface area contributed by atoms with Gasteiger partial charge in [0.1, 0.15) is 24.2 Å². The first-order valence-electron chi connectivity index (χ1n) is 10.3. The number of piperidine rings is 1. The van der Waals surface area contributed by atoms with Crippen LogP contribution in [0.4, 0.5) is 0 Å². The van der Waals surface area contributed by atoms with E-state index in [0.717, 1.165) is 42.9 Å². The fourth-order valence-corrected chi connectivity index (χ4v) is 4.91. The van der Waals surface area contributed by atoms with Crippen molar-refractivity contribution in [3.8, 4) is 11.5 Å². The zero-order valence-electron chi connectivity index (χ0n) is 16.8. The van der Waals surface area contributed by atoms with Crippen molar-refractivity contribution in [3.63, 3.8) is 0 Å². The molecule has 6 heteroatoms. The number of nitrogens with zero attached hydrogens (tertiary/aromatic N) is 2. The Labute approximate surface area is 175 Å². The van der Waals surface area contributed by atoms with Crippen LogP contribution in [0.25, 0.3) is 10.2 Å². The summed E-state index contributed by atoms with van der Waals surface area (Å²) >= 11 is 1.82. The number of ether oxygens (including phenoxy) is 2. The van der Waals surface area contributed by atoms with Crippen LogP contribution in [0, 0.1) is 0 Å². The largest absolute Gasteiger partial charge is 0.494 e. The van der Waals surface area contributed by atoms with Gasteiger partial charge in [-0.1, -0.05) is 12.1 Å². The fourth-order valence-electron chi connectivity index (χ4n) is 3.77. The number of rotatable bonds is 8. The number of thiazole rings is 1. The Bertz CT molecular complexity index is 871. The van der Waals surface area contributed by atoms with E-state index in [4.69, 9.17) is 14.5 Å². The van der Waals surface area contributed by atoms with E-state index in [-0.39, 0.29) is 0 Å². The molecule has 0 bridgehead atoms. The summed E-state index contributed by atoms with van der Waals surface area (Å²) in [7, 11) is 0. The second kappa shape index (κ2) is 9.57. The van der Waals surface area contributed by atoms with E-state index in [1.54, 1.807) is 0 Å². The normalized spacial score (nSPS) is 16.8. The highest BCUT2D eigenvalue weighted by atomic mass is 32.1. The van der Waals surface area contributed by atoms with Crippen molar-refractivity contribution in [3.05, 3.63) is 53.5 Å². The van der Waals surface area contributed by atoms with Crippen LogP contribution in [0.3, 0.4) is 0 Å². The van der Waals surface area contributed by atoms with E-state index in [9.17, 15) is 5.11 Å². The molecule has 2 heterocycles. The monoisotopic (exact) mass is 412 g/mol. The molecular formula is C23H28N2O3S. The zero-order chi connectivity index (χ0) is 20.1. The molecule has 1 fully saturated rings. The average molecular weight is 413 g/mol. The molecule has 29 heavy (non-hydrogen) atoms. The Morgan fingerprint density at radius 2 is 1.76 bits per heavy atom. The van der Waals surface area contributed by atoms with Crippen molar-refractivity contribution in [2.24, 2.45) is 0 Å². The lowest BCUT2D eigenvalue weighted by Gasteiger charge is -2.32. The number of aliphatic hydroxyl groups excluding tert-OH is 1. The van der Waals surface area contributed by atoms with E-state index in [1.165, 1.54) is 9.71 Å². The Morgan fingerprint density at radius 3 is 2.45 bits per heavy atom. The topological polar surface area (TPSA) is 54.8 Å². The number of benzene rings is 2. The lowest BCUT2D eigenvalue weighted by atomic mass is 9.97. The van der Waals surface area contributed by atoms with Crippen molar-refractivity contribution < 1.29 is 14.6 Å². The Kier molecular flexibility index (Phi) is 6.64. The molecule has 1 N–H and O–H groups in total. The van der Waals surface area contributed by atoms with Gasteiger partial charge in [-0.2, -0.15) is 0 Å². The molecule has 1 aliphatic rings. The highest BCUT2D eigenvalue weighted by molar-refractivity contribution is 7.18. The van der Waals surface area contributed by atoms with Gasteiger partial charge in [-0.3, -0.25) is 0 Å². The van der Waals surface area contributed by atoms with Gasteiger partial charge >= 0.3 is 0 Å². The average Bonchev–Trinajstić information content (AvgIpc) is 3.18. The van der Waals surface area contributed by atoms with E-state index >= 15 is 0 Å². The molecule has 1 aromatic heterocycles. The third kappa shape index (κ3) is 5.26. The summed E-state index contributed by atoms with van der Waals surface area (Å²) in [6.45, 7) is 5.52. The Balaban J connectivity index is 1.21. The van der Waals surface area contributed by atoms with Gasteiger partial charge in [0.25, 0.3) is 0 Å². The lowest BCUT2D eigenvalue weighted by Crippen LogP contribution is -2.40. The minimum Gasteiger partial charge on any atom is -0.494 e. The Hall–Kier alpha value is -2.15. The smallest absolute Gasteiger partial charge is 0.119 e. The summed E-state index contributed by atoms with van der Waals surface area (Å²) in [6.07, 6.45) is 1.68. The van der Waals surface area contributed by atoms with Gasteiger partial charge in [0.15, 0.2) is 0 Å². The van der Waals surface area contributed by atoms with Gasteiger partial charge in [0, 0.05) is 12.5 Å². The number of hydrogen-bond donors (Lipinski definition) is 1. The molecule has 0 saturated carbocycles. The first-order valence-corrected chi connectivity index (χ1v) is 11.1. The molecule has 4 rings (SSSR count). The predicted octanol–water partition coefficient (Wildman–Crippen LogP) is 4.31. The molecule has 154 valence electrons. The zero-order valence-corrected chi connectivity index (χ0v) is 17.6. The first-order chi connectivity index (χ1) is 14.2. The van der Waals surface area contributed by atoms with Crippen molar-refractivity contribution in [1.82, 2.24) is 9.88 Å². The maximum absolute atomic E-state index is 10.4. The molecule has 1 aliphatic heterocycles. The maximum atomic E-state index is 10.4. The second-order valence-corrected chi connectivity index (χ2v) is 8.53. The lowest BCUT2D eigenvalue weighted by molar-refractivity contribution is 0.0594. The SMILES string of the molecule is CCOc1ccc(OCC(O)CN2CCC(c3nc4ccccc4s3)CC2)cc1. The van der Waals surface area contributed by atoms with Crippen molar-refractivity contribution in [2.75, 3.05) is 32.8 Å². The minimum atomic E-state index is -0.499. The molecule has 0 spiro atoms. The number of para-hydroxylation sites is 1. The van der Waals surface area contributed by atoms with Crippen molar-refractivity contribution in [2.45, 2.75) is 31.8 Å². The van der Waals surface area contributed by atoms with Crippen LogP contribution in [0.15, 0.2) is 48.5 Å².